The van der Waals surface area contributed by atoms with Gasteiger partial charge in [-0.3, -0.25) is 0 Å². The van der Waals surface area contributed by atoms with Gasteiger partial charge in [-0.05, 0) is 42.4 Å². The quantitative estimate of drug-likeness (QED) is 0.754. The van der Waals surface area contributed by atoms with Gasteiger partial charge in [-0.1, -0.05) is 45.1 Å². The van der Waals surface area contributed by atoms with Crippen LogP contribution in [0.2, 0.25) is 0 Å². The summed E-state index contributed by atoms with van der Waals surface area (Å²) in [6.07, 6.45) is 6.34. The number of benzene rings is 1. The highest BCUT2D eigenvalue weighted by atomic mass is 16.3. The van der Waals surface area contributed by atoms with E-state index in [2.05, 4.69) is 39.0 Å². The molecule has 1 rings (SSSR count). The van der Waals surface area contributed by atoms with Crippen LogP contribution in [0.4, 0.5) is 0 Å². The zero-order valence-electron chi connectivity index (χ0n) is 10.7. The largest absolute Gasteiger partial charge is 0.508 e. The number of aryl methyl sites for hydroxylation is 1. The zero-order valence-corrected chi connectivity index (χ0v) is 10.7. The first-order chi connectivity index (χ1) is 7.45. The summed E-state index contributed by atoms with van der Waals surface area (Å²) in [6.45, 7) is 8.41. The first kappa shape index (κ1) is 12.8. The average molecular weight is 218 g/mol. The normalized spacial score (nSPS) is 12.2. The van der Waals surface area contributed by atoms with Crippen LogP contribution in [0.25, 0.3) is 0 Å². The minimum atomic E-state index is 0.000683. The summed E-state index contributed by atoms with van der Waals surface area (Å²) in [5.74, 6) is 0.405. The molecule has 0 radical (unpaired) electrons. The molecule has 0 unspecified atom stereocenters. The summed E-state index contributed by atoms with van der Waals surface area (Å²) in [5.41, 5.74) is 2.33. The maximum Gasteiger partial charge on any atom is 0.119 e. The Balaban J connectivity index is 2.90. The second-order valence-corrected chi connectivity index (χ2v) is 5.21. The number of allylic oxidation sites excluding steroid dienone is 2. The Bertz CT molecular complexity index is 370. The van der Waals surface area contributed by atoms with Crippen molar-refractivity contribution in [2.75, 3.05) is 0 Å². The molecule has 0 fully saturated rings. The third-order valence-electron chi connectivity index (χ3n) is 2.70. The van der Waals surface area contributed by atoms with Crippen LogP contribution in [0.15, 0.2) is 30.4 Å². The van der Waals surface area contributed by atoms with Crippen molar-refractivity contribution in [1.29, 1.82) is 0 Å². The molecule has 1 nitrogen and oxygen atoms in total. The Morgan fingerprint density at radius 2 is 1.94 bits per heavy atom. The molecule has 1 N–H and O–H groups in total. The van der Waals surface area contributed by atoms with E-state index in [-0.39, 0.29) is 5.41 Å². The molecule has 1 heteroatoms. The van der Waals surface area contributed by atoms with Gasteiger partial charge in [-0.2, -0.15) is 0 Å². The summed E-state index contributed by atoms with van der Waals surface area (Å²) < 4.78 is 0. The standard InChI is InChI=1S/C15H22O/c1-5-6-7-8-12-9-10-14(16)13(11-12)15(2,3)4/h5-6,9-11,16H,7-8H2,1-4H3/b6-5+. The second kappa shape index (κ2) is 5.20. The fourth-order valence-corrected chi connectivity index (χ4v) is 1.76. The van der Waals surface area contributed by atoms with Gasteiger partial charge in [-0.25, -0.2) is 0 Å². The van der Waals surface area contributed by atoms with Crippen molar-refractivity contribution in [3.8, 4) is 5.75 Å². The lowest BCUT2D eigenvalue weighted by atomic mass is 9.85. The predicted molar refractivity (Wildman–Crippen MR) is 69.9 cm³/mol. The Labute approximate surface area is 98.8 Å². The molecule has 0 bridgehead atoms. The SMILES string of the molecule is C/C=C/CCc1ccc(O)c(C(C)(C)C)c1. The summed E-state index contributed by atoms with van der Waals surface area (Å²) >= 11 is 0. The molecule has 1 aromatic rings. The van der Waals surface area contributed by atoms with Gasteiger partial charge >= 0.3 is 0 Å². The van der Waals surface area contributed by atoms with E-state index in [0.29, 0.717) is 5.75 Å². The summed E-state index contributed by atoms with van der Waals surface area (Å²) in [5, 5.41) is 9.83. The molecule has 0 aliphatic heterocycles. The number of hydrogen-bond donors (Lipinski definition) is 1. The monoisotopic (exact) mass is 218 g/mol. The summed E-state index contributed by atoms with van der Waals surface area (Å²) in [7, 11) is 0. The third-order valence-corrected chi connectivity index (χ3v) is 2.70. The van der Waals surface area contributed by atoms with Gasteiger partial charge in [0.05, 0.1) is 0 Å². The molecule has 0 spiro atoms. The lowest BCUT2D eigenvalue weighted by Gasteiger charge is -2.21. The summed E-state index contributed by atoms with van der Waals surface area (Å²) in [6, 6.07) is 5.94. The van der Waals surface area contributed by atoms with Gasteiger partial charge in [0.15, 0.2) is 0 Å². The molecule has 0 saturated heterocycles. The van der Waals surface area contributed by atoms with E-state index in [9.17, 15) is 5.11 Å². The smallest absolute Gasteiger partial charge is 0.119 e. The van der Waals surface area contributed by atoms with E-state index in [1.165, 1.54) is 5.56 Å². The first-order valence-electron chi connectivity index (χ1n) is 5.88. The van der Waals surface area contributed by atoms with Crippen LogP contribution >= 0.6 is 0 Å². The highest BCUT2D eigenvalue weighted by Gasteiger charge is 2.17. The fourth-order valence-electron chi connectivity index (χ4n) is 1.76. The van der Waals surface area contributed by atoms with Crippen molar-refractivity contribution in [2.45, 2.75) is 46.0 Å². The molecule has 0 aliphatic carbocycles. The van der Waals surface area contributed by atoms with Gasteiger partial charge in [0.1, 0.15) is 5.75 Å². The Morgan fingerprint density at radius 3 is 2.50 bits per heavy atom. The van der Waals surface area contributed by atoms with E-state index < -0.39 is 0 Å². The van der Waals surface area contributed by atoms with E-state index in [1.54, 1.807) is 0 Å². The first-order valence-corrected chi connectivity index (χ1v) is 5.88. The number of phenols is 1. The van der Waals surface area contributed by atoms with Crippen LogP contribution in [-0.2, 0) is 11.8 Å². The van der Waals surface area contributed by atoms with Gasteiger partial charge in [-0.15, -0.1) is 0 Å². The molecule has 0 saturated carbocycles. The molecule has 0 aliphatic rings. The van der Waals surface area contributed by atoms with Crippen LogP contribution < -0.4 is 0 Å². The van der Waals surface area contributed by atoms with Crippen molar-refractivity contribution in [1.82, 2.24) is 0 Å². The summed E-state index contributed by atoms with van der Waals surface area (Å²) in [4.78, 5) is 0. The molecule has 1 aromatic carbocycles. The van der Waals surface area contributed by atoms with Gasteiger partial charge in [0.25, 0.3) is 0 Å². The molecule has 0 amide bonds. The number of phenolic OH excluding ortho intramolecular Hbond substituents is 1. The van der Waals surface area contributed by atoms with Crippen LogP contribution in [-0.4, -0.2) is 5.11 Å². The number of hydrogen-bond acceptors (Lipinski definition) is 1. The van der Waals surface area contributed by atoms with E-state index in [0.717, 1.165) is 18.4 Å². The topological polar surface area (TPSA) is 20.2 Å². The highest BCUT2D eigenvalue weighted by Crippen LogP contribution is 2.31. The van der Waals surface area contributed by atoms with E-state index in [4.69, 9.17) is 0 Å². The lowest BCUT2D eigenvalue weighted by molar-refractivity contribution is 0.446. The van der Waals surface area contributed by atoms with Crippen LogP contribution in [0.1, 0.15) is 45.2 Å². The minimum absolute atomic E-state index is 0.000683. The van der Waals surface area contributed by atoms with Gasteiger partial charge in [0.2, 0.25) is 0 Å². The molecule has 0 atom stereocenters. The molecular weight excluding hydrogens is 196 g/mol. The van der Waals surface area contributed by atoms with Gasteiger partial charge < -0.3 is 5.11 Å². The molecule has 88 valence electrons. The van der Waals surface area contributed by atoms with Crippen molar-refractivity contribution >= 4 is 0 Å². The Hall–Kier alpha value is -1.24. The second-order valence-electron chi connectivity index (χ2n) is 5.21. The fraction of sp³-hybridized carbons (Fsp3) is 0.467. The van der Waals surface area contributed by atoms with Crippen LogP contribution in [0.3, 0.4) is 0 Å². The van der Waals surface area contributed by atoms with Crippen LogP contribution in [0, 0.1) is 0 Å². The zero-order chi connectivity index (χ0) is 12.2. The van der Waals surface area contributed by atoms with Crippen molar-refractivity contribution in [3.05, 3.63) is 41.5 Å². The maximum atomic E-state index is 9.83. The van der Waals surface area contributed by atoms with Crippen molar-refractivity contribution in [3.63, 3.8) is 0 Å². The predicted octanol–water partition coefficient (Wildman–Crippen LogP) is 4.20. The molecular formula is C15H22O. The van der Waals surface area contributed by atoms with E-state index >= 15 is 0 Å². The van der Waals surface area contributed by atoms with Crippen molar-refractivity contribution in [2.24, 2.45) is 0 Å². The Morgan fingerprint density at radius 1 is 1.25 bits per heavy atom. The molecule has 0 aromatic heterocycles. The molecule has 16 heavy (non-hydrogen) atoms. The van der Waals surface area contributed by atoms with Crippen LogP contribution in [0.5, 0.6) is 5.75 Å². The average Bonchev–Trinajstić information content (AvgIpc) is 2.19. The van der Waals surface area contributed by atoms with Gasteiger partial charge in [0, 0.05) is 0 Å². The van der Waals surface area contributed by atoms with E-state index in [1.807, 2.05) is 19.1 Å². The number of aromatic hydroxyl groups is 1. The maximum absolute atomic E-state index is 9.83. The molecule has 0 heterocycles. The minimum Gasteiger partial charge on any atom is -0.508 e. The Kier molecular flexibility index (Phi) is 4.17. The number of rotatable bonds is 3. The highest BCUT2D eigenvalue weighted by molar-refractivity contribution is 5.40. The third kappa shape index (κ3) is 3.41. The lowest BCUT2D eigenvalue weighted by Crippen LogP contribution is -2.11. The van der Waals surface area contributed by atoms with Crippen molar-refractivity contribution < 1.29 is 5.11 Å².